The molecule has 0 amide bonds. The van der Waals surface area contributed by atoms with E-state index in [1.54, 1.807) is 0 Å². The van der Waals surface area contributed by atoms with Crippen LogP contribution < -0.4 is 5.48 Å². The van der Waals surface area contributed by atoms with Crippen molar-refractivity contribution < 1.29 is 4.84 Å². The molecular formula is C18H35NO. The number of hydrogen-bond acceptors (Lipinski definition) is 2. The highest BCUT2D eigenvalue weighted by Gasteiger charge is 2.25. The fourth-order valence-electron chi connectivity index (χ4n) is 3.94. The molecule has 2 fully saturated rings. The first kappa shape index (κ1) is 16.3. The van der Waals surface area contributed by atoms with Crippen LogP contribution >= 0.6 is 0 Å². The topological polar surface area (TPSA) is 21.3 Å². The molecule has 0 spiro atoms. The van der Waals surface area contributed by atoms with Gasteiger partial charge in [-0.15, -0.1) is 0 Å². The van der Waals surface area contributed by atoms with Gasteiger partial charge in [-0.1, -0.05) is 52.4 Å². The van der Waals surface area contributed by atoms with Crippen LogP contribution in [0.25, 0.3) is 0 Å². The lowest BCUT2D eigenvalue weighted by molar-refractivity contribution is -0.0669. The molecule has 2 aliphatic carbocycles. The van der Waals surface area contributed by atoms with E-state index in [2.05, 4.69) is 19.3 Å². The molecule has 2 rings (SSSR count). The minimum atomic E-state index is 0.491. The van der Waals surface area contributed by atoms with Gasteiger partial charge in [0.05, 0.1) is 6.10 Å². The molecule has 0 saturated heterocycles. The summed E-state index contributed by atoms with van der Waals surface area (Å²) in [6, 6.07) is 0.617. The monoisotopic (exact) mass is 281 g/mol. The first-order chi connectivity index (χ1) is 9.79. The molecular weight excluding hydrogens is 246 g/mol. The molecule has 1 atom stereocenters. The molecule has 2 aliphatic rings. The van der Waals surface area contributed by atoms with Gasteiger partial charge in [-0.05, 0) is 50.4 Å². The second-order valence-electron chi connectivity index (χ2n) is 7.23. The molecule has 2 nitrogen and oxygen atoms in total. The summed E-state index contributed by atoms with van der Waals surface area (Å²) in [7, 11) is 0. The van der Waals surface area contributed by atoms with Crippen molar-refractivity contribution >= 4 is 0 Å². The van der Waals surface area contributed by atoms with Gasteiger partial charge >= 0.3 is 0 Å². The van der Waals surface area contributed by atoms with E-state index in [-0.39, 0.29) is 0 Å². The van der Waals surface area contributed by atoms with Crippen LogP contribution in [0.15, 0.2) is 0 Å². The van der Waals surface area contributed by atoms with Crippen molar-refractivity contribution in [3.05, 3.63) is 0 Å². The van der Waals surface area contributed by atoms with Gasteiger partial charge in [0, 0.05) is 6.04 Å². The minimum Gasteiger partial charge on any atom is -0.298 e. The number of hydroxylamine groups is 1. The van der Waals surface area contributed by atoms with Gasteiger partial charge < -0.3 is 0 Å². The third kappa shape index (κ3) is 5.37. The molecule has 0 radical (unpaired) electrons. The Balaban J connectivity index is 1.58. The van der Waals surface area contributed by atoms with E-state index in [1.165, 1.54) is 77.0 Å². The Kier molecular flexibility index (Phi) is 7.37. The Morgan fingerprint density at radius 3 is 2.35 bits per heavy atom. The van der Waals surface area contributed by atoms with Crippen molar-refractivity contribution in [2.75, 3.05) is 0 Å². The average Bonchev–Trinajstić information content (AvgIpc) is 2.52. The van der Waals surface area contributed by atoms with E-state index in [4.69, 9.17) is 4.84 Å². The Hall–Kier alpha value is -0.0800. The molecule has 2 heteroatoms. The molecule has 0 aliphatic heterocycles. The Bertz CT molecular complexity index is 242. The zero-order valence-electron chi connectivity index (χ0n) is 13.7. The smallest absolute Gasteiger partial charge is 0.0790 e. The first-order valence-electron chi connectivity index (χ1n) is 9.20. The van der Waals surface area contributed by atoms with Crippen LogP contribution in [-0.4, -0.2) is 12.1 Å². The molecule has 20 heavy (non-hydrogen) atoms. The van der Waals surface area contributed by atoms with Gasteiger partial charge in [-0.2, -0.15) is 5.48 Å². The summed E-state index contributed by atoms with van der Waals surface area (Å²) < 4.78 is 0. The first-order valence-corrected chi connectivity index (χ1v) is 9.20. The Morgan fingerprint density at radius 2 is 1.70 bits per heavy atom. The lowest BCUT2D eigenvalue weighted by Crippen LogP contribution is -2.37. The van der Waals surface area contributed by atoms with Gasteiger partial charge in [-0.3, -0.25) is 4.84 Å². The third-order valence-corrected chi connectivity index (χ3v) is 5.54. The van der Waals surface area contributed by atoms with Crippen molar-refractivity contribution in [1.82, 2.24) is 5.48 Å². The van der Waals surface area contributed by atoms with E-state index in [1.807, 2.05) is 0 Å². The summed E-state index contributed by atoms with van der Waals surface area (Å²) in [6.45, 7) is 4.77. The number of unbranched alkanes of at least 4 members (excludes halogenated alkanes) is 1. The summed E-state index contributed by atoms with van der Waals surface area (Å²) in [5, 5.41) is 0. The lowest BCUT2D eigenvalue weighted by Gasteiger charge is -2.33. The van der Waals surface area contributed by atoms with Gasteiger partial charge in [0.15, 0.2) is 0 Å². The molecule has 1 N–H and O–H groups in total. The van der Waals surface area contributed by atoms with Crippen molar-refractivity contribution in [2.45, 2.75) is 103 Å². The highest BCUT2D eigenvalue weighted by Crippen LogP contribution is 2.32. The normalized spacial score (nSPS) is 30.3. The second-order valence-corrected chi connectivity index (χ2v) is 7.23. The van der Waals surface area contributed by atoms with Gasteiger partial charge in [0.2, 0.25) is 0 Å². The average molecular weight is 281 g/mol. The van der Waals surface area contributed by atoms with E-state index in [9.17, 15) is 0 Å². The van der Waals surface area contributed by atoms with E-state index in [0.717, 1.165) is 11.8 Å². The number of hydrogen-bond donors (Lipinski definition) is 1. The number of nitrogens with one attached hydrogen (secondary N) is 1. The Labute approximate surface area is 126 Å². The van der Waals surface area contributed by atoms with E-state index >= 15 is 0 Å². The minimum absolute atomic E-state index is 0.491. The maximum Gasteiger partial charge on any atom is 0.0790 e. The van der Waals surface area contributed by atoms with Crippen molar-refractivity contribution in [3.63, 3.8) is 0 Å². The van der Waals surface area contributed by atoms with Crippen LogP contribution in [0.3, 0.4) is 0 Å². The van der Waals surface area contributed by atoms with Crippen molar-refractivity contribution in [2.24, 2.45) is 11.8 Å². The molecule has 0 bridgehead atoms. The summed E-state index contributed by atoms with van der Waals surface area (Å²) in [5.41, 5.74) is 3.39. The zero-order valence-corrected chi connectivity index (χ0v) is 13.7. The lowest BCUT2D eigenvalue weighted by atomic mass is 9.77. The summed E-state index contributed by atoms with van der Waals surface area (Å²) >= 11 is 0. The molecule has 1 unspecified atom stereocenters. The third-order valence-electron chi connectivity index (χ3n) is 5.54. The predicted molar refractivity (Wildman–Crippen MR) is 85.5 cm³/mol. The predicted octanol–water partition coefficient (Wildman–Crippen LogP) is 5.23. The van der Waals surface area contributed by atoms with Crippen molar-refractivity contribution in [3.8, 4) is 0 Å². The summed E-state index contributed by atoms with van der Waals surface area (Å²) in [5.74, 6) is 1.89. The second kappa shape index (κ2) is 9.04. The van der Waals surface area contributed by atoms with Gasteiger partial charge in [0.1, 0.15) is 0 Å². The van der Waals surface area contributed by atoms with Gasteiger partial charge in [0.25, 0.3) is 0 Å². The highest BCUT2D eigenvalue weighted by atomic mass is 16.7. The van der Waals surface area contributed by atoms with E-state index < -0.39 is 0 Å². The molecule has 0 aromatic carbocycles. The SMILES string of the molecule is CCCCC(C)C1CCC(NOC2CCCCC2)CC1. The maximum atomic E-state index is 5.93. The van der Waals surface area contributed by atoms with Crippen LogP contribution in [0.4, 0.5) is 0 Å². The number of rotatable bonds is 7. The Morgan fingerprint density at radius 1 is 1.00 bits per heavy atom. The molecule has 0 aromatic rings. The van der Waals surface area contributed by atoms with Crippen LogP contribution in [0.5, 0.6) is 0 Å². The van der Waals surface area contributed by atoms with Crippen LogP contribution in [0.2, 0.25) is 0 Å². The maximum absolute atomic E-state index is 5.93. The fourth-order valence-corrected chi connectivity index (χ4v) is 3.94. The molecule has 0 aromatic heterocycles. The van der Waals surface area contributed by atoms with Crippen LogP contribution in [-0.2, 0) is 4.84 Å². The largest absolute Gasteiger partial charge is 0.298 e. The summed E-state index contributed by atoms with van der Waals surface area (Å²) in [6.07, 6.45) is 16.7. The highest BCUT2D eigenvalue weighted by molar-refractivity contribution is 4.78. The zero-order chi connectivity index (χ0) is 14.2. The van der Waals surface area contributed by atoms with Crippen LogP contribution in [0, 0.1) is 11.8 Å². The standard InChI is InChI=1S/C18H35NO/c1-3-4-8-15(2)16-11-13-17(14-12-16)19-20-18-9-6-5-7-10-18/h15-19H,3-14H2,1-2H3. The van der Waals surface area contributed by atoms with Crippen LogP contribution in [0.1, 0.15) is 90.9 Å². The quantitative estimate of drug-likeness (QED) is 0.645. The fraction of sp³-hybridized carbons (Fsp3) is 1.00. The van der Waals surface area contributed by atoms with Gasteiger partial charge in [-0.25, -0.2) is 0 Å². The molecule has 2 saturated carbocycles. The van der Waals surface area contributed by atoms with Crippen molar-refractivity contribution in [1.29, 1.82) is 0 Å². The molecule has 0 heterocycles. The molecule has 118 valence electrons. The van der Waals surface area contributed by atoms with E-state index in [0.29, 0.717) is 12.1 Å². The summed E-state index contributed by atoms with van der Waals surface area (Å²) in [4.78, 5) is 5.93.